The molecule has 8 heteroatoms. The van der Waals surface area contributed by atoms with E-state index in [2.05, 4.69) is 20.8 Å². The number of hydrogen-bond donors (Lipinski definition) is 2. The lowest BCUT2D eigenvalue weighted by atomic mass is 10.0. The van der Waals surface area contributed by atoms with Gasteiger partial charge in [0.2, 0.25) is 17.6 Å². The van der Waals surface area contributed by atoms with Crippen LogP contribution in [0, 0.1) is 0 Å². The summed E-state index contributed by atoms with van der Waals surface area (Å²) < 4.78 is 5.20. The van der Waals surface area contributed by atoms with Gasteiger partial charge in [-0.1, -0.05) is 18.1 Å². The number of anilines is 1. The molecule has 0 fully saturated rings. The minimum absolute atomic E-state index is 0.132. The monoisotopic (exact) mass is 412 g/mol. The zero-order valence-corrected chi connectivity index (χ0v) is 17.5. The predicted octanol–water partition coefficient (Wildman–Crippen LogP) is 4.29. The van der Waals surface area contributed by atoms with Crippen LogP contribution in [0.3, 0.4) is 0 Å². The van der Waals surface area contributed by atoms with Crippen LogP contribution in [0.5, 0.6) is 0 Å². The molecule has 0 bridgehead atoms. The van der Waals surface area contributed by atoms with E-state index in [9.17, 15) is 9.59 Å². The summed E-state index contributed by atoms with van der Waals surface area (Å²) in [5.41, 5.74) is 0.921. The van der Waals surface area contributed by atoms with Gasteiger partial charge in [-0.2, -0.15) is 4.98 Å². The molecule has 0 saturated carbocycles. The van der Waals surface area contributed by atoms with E-state index in [1.165, 1.54) is 11.3 Å². The molecular formula is C21H24N4O3S. The van der Waals surface area contributed by atoms with E-state index in [1.54, 1.807) is 24.3 Å². The molecule has 152 valence electrons. The van der Waals surface area contributed by atoms with Crippen LogP contribution in [0.1, 0.15) is 49.9 Å². The molecular weight excluding hydrogens is 388 g/mol. The standard InChI is InChI=1S/C21H24N4O3S/c1-4-21(2,3)24-20(27)14-7-9-15(10-8-14)22-17(26)11-12-18-23-19(25-28-18)16-6-5-13-29-16/h5-10,13H,4,11-12H2,1-3H3,(H,22,26)(H,24,27). The van der Waals surface area contributed by atoms with Gasteiger partial charge in [0.15, 0.2) is 0 Å². The van der Waals surface area contributed by atoms with Crippen molar-refractivity contribution in [2.24, 2.45) is 0 Å². The van der Waals surface area contributed by atoms with Gasteiger partial charge in [-0.05, 0) is 56.0 Å². The summed E-state index contributed by atoms with van der Waals surface area (Å²) in [4.78, 5) is 29.7. The van der Waals surface area contributed by atoms with E-state index in [-0.39, 0.29) is 23.8 Å². The van der Waals surface area contributed by atoms with Crippen molar-refractivity contribution >= 4 is 28.8 Å². The Morgan fingerprint density at radius 2 is 1.93 bits per heavy atom. The van der Waals surface area contributed by atoms with Crippen molar-refractivity contribution in [3.63, 3.8) is 0 Å². The molecule has 2 aromatic heterocycles. The second kappa shape index (κ2) is 9.00. The SMILES string of the molecule is CCC(C)(C)NC(=O)c1ccc(NC(=O)CCc2nc(-c3cccs3)no2)cc1. The topological polar surface area (TPSA) is 97.1 Å². The average molecular weight is 413 g/mol. The first-order valence-electron chi connectivity index (χ1n) is 9.45. The first kappa shape index (κ1) is 20.7. The van der Waals surface area contributed by atoms with Crippen molar-refractivity contribution in [3.8, 4) is 10.7 Å². The fourth-order valence-electron chi connectivity index (χ4n) is 2.48. The molecule has 2 amide bonds. The highest BCUT2D eigenvalue weighted by Gasteiger charge is 2.18. The maximum absolute atomic E-state index is 12.3. The first-order valence-corrected chi connectivity index (χ1v) is 10.3. The van der Waals surface area contributed by atoms with Crippen LogP contribution < -0.4 is 10.6 Å². The summed E-state index contributed by atoms with van der Waals surface area (Å²) in [6.45, 7) is 5.98. The Kier molecular flexibility index (Phi) is 6.43. The number of benzene rings is 1. The van der Waals surface area contributed by atoms with E-state index in [4.69, 9.17) is 4.52 Å². The smallest absolute Gasteiger partial charge is 0.251 e. The number of carbonyl (C=O) groups excluding carboxylic acids is 2. The summed E-state index contributed by atoms with van der Waals surface area (Å²) in [6, 6.07) is 10.7. The predicted molar refractivity (Wildman–Crippen MR) is 113 cm³/mol. The molecule has 0 aliphatic rings. The van der Waals surface area contributed by atoms with E-state index in [0.29, 0.717) is 29.4 Å². The lowest BCUT2D eigenvalue weighted by molar-refractivity contribution is -0.116. The minimum Gasteiger partial charge on any atom is -0.347 e. The molecule has 0 atom stereocenters. The van der Waals surface area contributed by atoms with Crippen molar-refractivity contribution < 1.29 is 14.1 Å². The largest absolute Gasteiger partial charge is 0.347 e. The van der Waals surface area contributed by atoms with Crippen LogP contribution in [0.2, 0.25) is 0 Å². The summed E-state index contributed by atoms with van der Waals surface area (Å²) in [6.07, 6.45) is 1.41. The Balaban J connectivity index is 1.50. The second-order valence-corrected chi connectivity index (χ2v) is 8.25. The van der Waals surface area contributed by atoms with Gasteiger partial charge in [-0.3, -0.25) is 9.59 Å². The maximum atomic E-state index is 12.3. The van der Waals surface area contributed by atoms with Gasteiger partial charge in [-0.25, -0.2) is 0 Å². The zero-order valence-electron chi connectivity index (χ0n) is 16.7. The number of rotatable bonds is 8. The zero-order chi connectivity index (χ0) is 20.9. The number of nitrogens with one attached hydrogen (secondary N) is 2. The summed E-state index contributed by atoms with van der Waals surface area (Å²) in [5, 5.41) is 11.7. The molecule has 0 saturated heterocycles. The lowest BCUT2D eigenvalue weighted by Gasteiger charge is -2.24. The second-order valence-electron chi connectivity index (χ2n) is 7.31. The first-order chi connectivity index (χ1) is 13.9. The van der Waals surface area contributed by atoms with E-state index >= 15 is 0 Å². The van der Waals surface area contributed by atoms with Crippen LogP contribution in [-0.4, -0.2) is 27.5 Å². The van der Waals surface area contributed by atoms with Gasteiger partial charge in [0.05, 0.1) is 4.88 Å². The van der Waals surface area contributed by atoms with Crippen LogP contribution in [0.4, 0.5) is 5.69 Å². The fourth-order valence-corrected chi connectivity index (χ4v) is 3.13. The highest BCUT2D eigenvalue weighted by molar-refractivity contribution is 7.13. The van der Waals surface area contributed by atoms with Crippen LogP contribution in [0.25, 0.3) is 10.7 Å². The summed E-state index contributed by atoms with van der Waals surface area (Å²) in [7, 11) is 0. The van der Waals surface area contributed by atoms with Crippen molar-refractivity contribution in [2.45, 2.75) is 45.6 Å². The van der Waals surface area contributed by atoms with Crippen LogP contribution >= 0.6 is 11.3 Å². The molecule has 2 N–H and O–H groups in total. The number of carbonyl (C=O) groups is 2. The number of hydrogen-bond acceptors (Lipinski definition) is 6. The third-order valence-electron chi connectivity index (χ3n) is 4.54. The van der Waals surface area contributed by atoms with Crippen molar-refractivity contribution in [2.75, 3.05) is 5.32 Å². The van der Waals surface area contributed by atoms with Gasteiger partial charge in [0.25, 0.3) is 5.91 Å². The number of amides is 2. The van der Waals surface area contributed by atoms with Gasteiger partial charge in [-0.15, -0.1) is 11.3 Å². The van der Waals surface area contributed by atoms with Gasteiger partial charge < -0.3 is 15.2 Å². The Morgan fingerprint density at radius 1 is 1.17 bits per heavy atom. The van der Waals surface area contributed by atoms with E-state index < -0.39 is 0 Å². The van der Waals surface area contributed by atoms with E-state index in [0.717, 1.165) is 11.3 Å². The molecule has 0 aliphatic carbocycles. The van der Waals surface area contributed by atoms with Crippen molar-refractivity contribution in [3.05, 3.63) is 53.2 Å². The fraction of sp³-hybridized carbons (Fsp3) is 0.333. The van der Waals surface area contributed by atoms with Gasteiger partial charge >= 0.3 is 0 Å². The highest BCUT2D eigenvalue weighted by atomic mass is 32.1. The normalized spacial score (nSPS) is 11.3. The molecule has 0 spiro atoms. The molecule has 1 aromatic carbocycles. The Hall–Kier alpha value is -3.00. The summed E-state index contributed by atoms with van der Waals surface area (Å²) >= 11 is 1.53. The van der Waals surface area contributed by atoms with E-state index in [1.807, 2.05) is 38.3 Å². The number of nitrogens with zero attached hydrogens (tertiary/aromatic N) is 2. The molecule has 3 rings (SSSR count). The lowest BCUT2D eigenvalue weighted by Crippen LogP contribution is -2.42. The van der Waals surface area contributed by atoms with Gasteiger partial charge in [0, 0.05) is 29.6 Å². The molecule has 0 aliphatic heterocycles. The molecule has 29 heavy (non-hydrogen) atoms. The molecule has 7 nitrogen and oxygen atoms in total. The maximum Gasteiger partial charge on any atom is 0.251 e. The number of thiophene rings is 1. The molecule has 2 heterocycles. The third kappa shape index (κ3) is 5.74. The quantitative estimate of drug-likeness (QED) is 0.575. The summed E-state index contributed by atoms with van der Waals surface area (Å²) in [5.74, 6) is 0.669. The number of aromatic nitrogens is 2. The van der Waals surface area contributed by atoms with Crippen LogP contribution in [-0.2, 0) is 11.2 Å². The molecule has 0 radical (unpaired) electrons. The van der Waals surface area contributed by atoms with Crippen LogP contribution in [0.15, 0.2) is 46.3 Å². The average Bonchev–Trinajstić information content (AvgIpc) is 3.38. The third-order valence-corrected chi connectivity index (χ3v) is 5.41. The molecule has 0 unspecified atom stereocenters. The highest BCUT2D eigenvalue weighted by Crippen LogP contribution is 2.21. The molecule has 3 aromatic rings. The minimum atomic E-state index is -0.262. The van der Waals surface area contributed by atoms with Gasteiger partial charge in [0.1, 0.15) is 0 Å². The number of aryl methyl sites for hydroxylation is 1. The Labute approximate surface area is 173 Å². The Bertz CT molecular complexity index is 962. The van der Waals surface area contributed by atoms with Crippen molar-refractivity contribution in [1.29, 1.82) is 0 Å². The van der Waals surface area contributed by atoms with Crippen molar-refractivity contribution in [1.82, 2.24) is 15.5 Å². The Morgan fingerprint density at radius 3 is 2.59 bits per heavy atom.